The fourth-order valence-corrected chi connectivity index (χ4v) is 3.37. The fourth-order valence-electron chi connectivity index (χ4n) is 3.37. The van der Waals surface area contributed by atoms with Gasteiger partial charge in [-0.2, -0.15) is 0 Å². The van der Waals surface area contributed by atoms with E-state index in [9.17, 15) is 0 Å². The molecule has 1 fully saturated rings. The van der Waals surface area contributed by atoms with Gasteiger partial charge in [0.05, 0.1) is 6.10 Å². The minimum absolute atomic E-state index is 0. The van der Waals surface area contributed by atoms with E-state index in [0.29, 0.717) is 6.10 Å². The number of rotatable bonds is 5. The van der Waals surface area contributed by atoms with E-state index in [4.69, 9.17) is 9.47 Å². The van der Waals surface area contributed by atoms with Crippen molar-refractivity contribution in [2.24, 2.45) is 4.99 Å². The van der Waals surface area contributed by atoms with E-state index in [2.05, 4.69) is 39.5 Å². The lowest BCUT2D eigenvalue weighted by molar-refractivity contribution is -0.0320. The second-order valence-electron chi connectivity index (χ2n) is 6.45. The molecule has 1 saturated heterocycles. The number of hydrogen-bond acceptors (Lipinski definition) is 3. The van der Waals surface area contributed by atoms with Crippen LogP contribution in [-0.4, -0.2) is 56.9 Å². The van der Waals surface area contributed by atoms with Gasteiger partial charge < -0.3 is 19.7 Å². The van der Waals surface area contributed by atoms with E-state index in [0.717, 1.165) is 71.1 Å². The van der Waals surface area contributed by atoms with Crippen molar-refractivity contribution in [2.45, 2.75) is 38.3 Å². The van der Waals surface area contributed by atoms with Gasteiger partial charge in [0.1, 0.15) is 0 Å². The predicted octanol–water partition coefficient (Wildman–Crippen LogP) is 2.82. The first kappa shape index (κ1) is 20.5. The second kappa shape index (κ2) is 11.0. The molecule has 1 aromatic carbocycles. The first-order valence-corrected chi connectivity index (χ1v) is 9.08. The summed E-state index contributed by atoms with van der Waals surface area (Å²) >= 11 is 0. The Hall–Kier alpha value is -0.860. The van der Waals surface area contributed by atoms with Crippen LogP contribution in [0.2, 0.25) is 0 Å². The highest BCUT2D eigenvalue weighted by Crippen LogP contribution is 2.18. The van der Waals surface area contributed by atoms with E-state index < -0.39 is 0 Å². The van der Waals surface area contributed by atoms with Crippen LogP contribution in [0.3, 0.4) is 0 Å². The molecule has 0 spiro atoms. The molecule has 0 aromatic heterocycles. The number of hydrogen-bond donors (Lipinski definition) is 1. The van der Waals surface area contributed by atoms with Crippen LogP contribution in [0, 0.1) is 0 Å². The monoisotopic (exact) mass is 459 g/mol. The SMILES string of the molecule is CN=C(NCCCOC1CCOCC1)N1CCc2ccccc2C1.I. The molecule has 1 aromatic rings. The Morgan fingerprint density at radius 3 is 2.80 bits per heavy atom. The highest BCUT2D eigenvalue weighted by molar-refractivity contribution is 14.0. The Morgan fingerprint density at radius 2 is 2.04 bits per heavy atom. The Labute approximate surface area is 168 Å². The number of aliphatic imine (C=N–C) groups is 1. The standard InChI is InChI=1S/C19H29N3O2.HI/c1-20-19(21-10-4-12-24-18-8-13-23-14-9-18)22-11-7-16-5-2-3-6-17(16)15-22;/h2-3,5-6,18H,4,7-15H2,1H3,(H,20,21);1H. The molecule has 0 amide bonds. The van der Waals surface area contributed by atoms with Gasteiger partial charge in [-0.25, -0.2) is 0 Å². The van der Waals surface area contributed by atoms with Crippen molar-refractivity contribution >= 4 is 29.9 Å². The summed E-state index contributed by atoms with van der Waals surface area (Å²) < 4.78 is 11.3. The molecular weight excluding hydrogens is 429 g/mol. The van der Waals surface area contributed by atoms with Crippen molar-refractivity contribution < 1.29 is 9.47 Å². The summed E-state index contributed by atoms with van der Waals surface area (Å²) in [5, 5.41) is 3.48. The van der Waals surface area contributed by atoms with Gasteiger partial charge in [-0.1, -0.05) is 24.3 Å². The number of halogens is 1. The van der Waals surface area contributed by atoms with Crippen molar-refractivity contribution in [1.82, 2.24) is 10.2 Å². The molecule has 0 saturated carbocycles. The van der Waals surface area contributed by atoms with E-state index in [-0.39, 0.29) is 24.0 Å². The summed E-state index contributed by atoms with van der Waals surface area (Å²) in [6, 6.07) is 8.69. The minimum Gasteiger partial charge on any atom is -0.381 e. The fraction of sp³-hybridized carbons (Fsp3) is 0.632. The van der Waals surface area contributed by atoms with Gasteiger partial charge in [0, 0.05) is 46.5 Å². The van der Waals surface area contributed by atoms with Crippen molar-refractivity contribution in [1.29, 1.82) is 0 Å². The quantitative estimate of drug-likeness (QED) is 0.319. The van der Waals surface area contributed by atoms with Crippen molar-refractivity contribution in [3.05, 3.63) is 35.4 Å². The Morgan fingerprint density at radius 1 is 1.28 bits per heavy atom. The zero-order valence-corrected chi connectivity index (χ0v) is 17.4. The molecule has 2 aliphatic rings. The molecule has 0 radical (unpaired) electrons. The molecule has 0 bridgehead atoms. The number of guanidine groups is 1. The highest BCUT2D eigenvalue weighted by Gasteiger charge is 2.18. The third-order valence-electron chi connectivity index (χ3n) is 4.77. The normalized spacial score (nSPS) is 18.4. The molecule has 1 N–H and O–H groups in total. The highest BCUT2D eigenvalue weighted by atomic mass is 127. The van der Waals surface area contributed by atoms with E-state index in [1.165, 1.54) is 11.1 Å². The summed E-state index contributed by atoms with van der Waals surface area (Å²) in [6.45, 7) is 5.34. The third-order valence-corrected chi connectivity index (χ3v) is 4.77. The van der Waals surface area contributed by atoms with Crippen LogP contribution in [0.5, 0.6) is 0 Å². The topological polar surface area (TPSA) is 46.1 Å². The van der Waals surface area contributed by atoms with Crippen molar-refractivity contribution in [3.8, 4) is 0 Å². The van der Waals surface area contributed by atoms with E-state index >= 15 is 0 Å². The molecule has 2 heterocycles. The van der Waals surface area contributed by atoms with E-state index in [1.54, 1.807) is 0 Å². The lowest BCUT2D eigenvalue weighted by Gasteiger charge is -2.31. The van der Waals surface area contributed by atoms with Crippen molar-refractivity contribution in [2.75, 3.05) is 40.0 Å². The first-order valence-electron chi connectivity index (χ1n) is 9.08. The lowest BCUT2D eigenvalue weighted by Crippen LogP contribution is -2.44. The molecular formula is C19H30IN3O2. The Kier molecular flexibility index (Phi) is 8.98. The number of ether oxygens (including phenoxy) is 2. The van der Waals surface area contributed by atoms with Gasteiger partial charge in [-0.05, 0) is 36.8 Å². The number of fused-ring (bicyclic) bond motifs is 1. The van der Waals surface area contributed by atoms with E-state index in [1.807, 2.05) is 7.05 Å². The lowest BCUT2D eigenvalue weighted by atomic mass is 10.0. The first-order chi connectivity index (χ1) is 11.9. The van der Waals surface area contributed by atoms with Crippen molar-refractivity contribution in [3.63, 3.8) is 0 Å². The summed E-state index contributed by atoms with van der Waals surface area (Å²) in [5.41, 5.74) is 2.88. The number of nitrogens with one attached hydrogen (secondary N) is 1. The average Bonchev–Trinajstić information content (AvgIpc) is 2.65. The van der Waals surface area contributed by atoms with Crippen LogP contribution >= 0.6 is 24.0 Å². The molecule has 6 heteroatoms. The maximum atomic E-state index is 5.92. The smallest absolute Gasteiger partial charge is 0.193 e. The van der Waals surface area contributed by atoms with Gasteiger partial charge >= 0.3 is 0 Å². The molecule has 5 nitrogen and oxygen atoms in total. The zero-order chi connectivity index (χ0) is 16.6. The number of benzene rings is 1. The molecule has 2 aliphatic heterocycles. The molecule has 0 unspecified atom stereocenters. The maximum Gasteiger partial charge on any atom is 0.193 e. The second-order valence-corrected chi connectivity index (χ2v) is 6.45. The average molecular weight is 459 g/mol. The summed E-state index contributed by atoms with van der Waals surface area (Å²) in [5.74, 6) is 0.996. The third kappa shape index (κ3) is 6.11. The molecule has 0 atom stereocenters. The van der Waals surface area contributed by atoms with Crippen LogP contribution < -0.4 is 5.32 Å². The van der Waals surface area contributed by atoms with Crippen LogP contribution in [0.25, 0.3) is 0 Å². The van der Waals surface area contributed by atoms with Gasteiger partial charge in [-0.15, -0.1) is 24.0 Å². The summed E-state index contributed by atoms with van der Waals surface area (Å²) in [4.78, 5) is 6.78. The minimum atomic E-state index is 0. The molecule has 25 heavy (non-hydrogen) atoms. The van der Waals surface area contributed by atoms with Gasteiger partial charge in [0.2, 0.25) is 0 Å². The molecule has 3 rings (SSSR count). The van der Waals surface area contributed by atoms with Gasteiger partial charge in [0.15, 0.2) is 5.96 Å². The molecule has 140 valence electrons. The van der Waals surface area contributed by atoms with Crippen LogP contribution in [0.1, 0.15) is 30.4 Å². The van der Waals surface area contributed by atoms with Crippen LogP contribution in [0.15, 0.2) is 29.3 Å². The maximum absolute atomic E-state index is 5.92. The van der Waals surface area contributed by atoms with Gasteiger partial charge in [0.25, 0.3) is 0 Å². The largest absolute Gasteiger partial charge is 0.381 e. The Bertz CT molecular complexity index is 547. The predicted molar refractivity (Wildman–Crippen MR) is 112 cm³/mol. The summed E-state index contributed by atoms with van der Waals surface area (Å²) in [7, 11) is 1.86. The Balaban J connectivity index is 0.00000225. The number of nitrogens with zero attached hydrogens (tertiary/aromatic N) is 2. The molecule has 0 aliphatic carbocycles. The zero-order valence-electron chi connectivity index (χ0n) is 15.1. The van der Waals surface area contributed by atoms with Crippen LogP contribution in [-0.2, 0) is 22.4 Å². The van der Waals surface area contributed by atoms with Crippen LogP contribution in [0.4, 0.5) is 0 Å². The summed E-state index contributed by atoms with van der Waals surface area (Å²) in [6.07, 6.45) is 4.53. The van der Waals surface area contributed by atoms with Gasteiger partial charge in [-0.3, -0.25) is 4.99 Å².